The van der Waals surface area contributed by atoms with Crippen LogP contribution in [-0.4, -0.2) is 27.2 Å². The summed E-state index contributed by atoms with van der Waals surface area (Å²) in [6.45, 7) is 2.38. The minimum absolute atomic E-state index is 0.144. The minimum atomic E-state index is -0.144. The van der Waals surface area contributed by atoms with Gasteiger partial charge in [0.15, 0.2) is 0 Å². The Labute approximate surface area is 128 Å². The second-order valence-corrected chi connectivity index (χ2v) is 5.11. The first-order valence-corrected chi connectivity index (χ1v) is 6.99. The van der Waals surface area contributed by atoms with Crippen molar-refractivity contribution >= 4 is 23.1 Å². The fraction of sp³-hybridized carbons (Fsp3) is 0.267. The van der Waals surface area contributed by atoms with Gasteiger partial charge in [-0.3, -0.25) is 4.79 Å². The standard InChI is InChI=1S/C15H17ClN4O/c1-11(12-5-3-4-6-13(12)16)9-15(21)17-8-7-14-19-18-10-20(14)2/h3-6,9-10H,7-8H2,1-2H3,(H,17,21)/b11-9-. The number of nitrogens with zero attached hydrogens (tertiary/aromatic N) is 3. The molecule has 6 heteroatoms. The van der Waals surface area contributed by atoms with Crippen LogP contribution in [0, 0.1) is 0 Å². The Bertz CT molecular complexity index is 663. The van der Waals surface area contributed by atoms with Gasteiger partial charge in [0.2, 0.25) is 5.91 Å². The van der Waals surface area contributed by atoms with Crippen molar-refractivity contribution in [1.82, 2.24) is 20.1 Å². The van der Waals surface area contributed by atoms with Crippen molar-refractivity contribution in [3.63, 3.8) is 0 Å². The lowest BCUT2D eigenvalue weighted by Crippen LogP contribution is -2.24. The summed E-state index contributed by atoms with van der Waals surface area (Å²) < 4.78 is 1.83. The van der Waals surface area contributed by atoms with E-state index in [4.69, 9.17) is 11.6 Å². The van der Waals surface area contributed by atoms with Crippen LogP contribution >= 0.6 is 11.6 Å². The first kappa shape index (κ1) is 15.3. The highest BCUT2D eigenvalue weighted by molar-refractivity contribution is 6.32. The number of rotatable bonds is 5. The monoisotopic (exact) mass is 304 g/mol. The molecule has 0 saturated heterocycles. The number of hydrogen-bond donors (Lipinski definition) is 1. The van der Waals surface area contributed by atoms with Gasteiger partial charge in [-0.2, -0.15) is 0 Å². The summed E-state index contributed by atoms with van der Waals surface area (Å²) in [5.74, 6) is 0.691. The summed E-state index contributed by atoms with van der Waals surface area (Å²) in [7, 11) is 1.87. The third-order valence-electron chi connectivity index (χ3n) is 3.10. The van der Waals surface area contributed by atoms with Crippen molar-refractivity contribution in [1.29, 1.82) is 0 Å². The van der Waals surface area contributed by atoms with Crippen molar-refractivity contribution in [3.8, 4) is 0 Å². The number of benzene rings is 1. The maximum absolute atomic E-state index is 11.9. The normalized spacial score (nSPS) is 11.5. The van der Waals surface area contributed by atoms with Gasteiger partial charge in [-0.05, 0) is 24.1 Å². The van der Waals surface area contributed by atoms with Crippen LogP contribution in [-0.2, 0) is 18.3 Å². The van der Waals surface area contributed by atoms with Crippen LogP contribution in [0.1, 0.15) is 18.3 Å². The van der Waals surface area contributed by atoms with E-state index in [1.165, 1.54) is 0 Å². The highest BCUT2D eigenvalue weighted by Crippen LogP contribution is 2.22. The highest BCUT2D eigenvalue weighted by Gasteiger charge is 2.05. The maximum Gasteiger partial charge on any atom is 0.244 e. The fourth-order valence-electron chi connectivity index (χ4n) is 1.94. The molecule has 0 aliphatic carbocycles. The summed E-state index contributed by atoms with van der Waals surface area (Å²) >= 11 is 6.10. The molecular weight excluding hydrogens is 288 g/mol. The molecule has 0 atom stereocenters. The molecule has 2 rings (SSSR count). The lowest BCUT2D eigenvalue weighted by atomic mass is 10.1. The Balaban J connectivity index is 1.90. The number of carbonyl (C=O) groups excluding carboxylic acids is 1. The number of aromatic nitrogens is 3. The van der Waals surface area contributed by atoms with Gasteiger partial charge in [-0.1, -0.05) is 29.8 Å². The Morgan fingerprint density at radius 3 is 2.86 bits per heavy atom. The predicted molar refractivity (Wildman–Crippen MR) is 82.8 cm³/mol. The molecule has 0 radical (unpaired) electrons. The molecule has 5 nitrogen and oxygen atoms in total. The van der Waals surface area contributed by atoms with Crippen LogP contribution in [0.4, 0.5) is 0 Å². The average molecular weight is 305 g/mol. The molecular formula is C15H17ClN4O. The molecule has 1 amide bonds. The number of allylic oxidation sites excluding steroid dienone is 1. The van der Waals surface area contributed by atoms with E-state index in [1.54, 1.807) is 18.5 Å². The second kappa shape index (κ2) is 7.04. The predicted octanol–water partition coefficient (Wildman–Crippen LogP) is 2.23. The van der Waals surface area contributed by atoms with Crippen molar-refractivity contribution in [2.24, 2.45) is 7.05 Å². The smallest absolute Gasteiger partial charge is 0.244 e. The van der Waals surface area contributed by atoms with Crippen molar-refractivity contribution in [2.75, 3.05) is 6.54 Å². The molecule has 21 heavy (non-hydrogen) atoms. The van der Waals surface area contributed by atoms with E-state index < -0.39 is 0 Å². The highest BCUT2D eigenvalue weighted by atomic mass is 35.5. The van der Waals surface area contributed by atoms with Crippen molar-refractivity contribution < 1.29 is 4.79 Å². The SMILES string of the molecule is C/C(=C/C(=O)NCCc1nncn1C)c1ccccc1Cl. The molecule has 0 bridgehead atoms. The van der Waals surface area contributed by atoms with Crippen molar-refractivity contribution in [3.05, 3.63) is 53.1 Å². The summed E-state index contributed by atoms with van der Waals surface area (Å²) in [6.07, 6.45) is 3.83. The van der Waals surface area contributed by atoms with Gasteiger partial charge >= 0.3 is 0 Å². The molecule has 1 N–H and O–H groups in total. The van der Waals surface area contributed by atoms with Crippen LogP contribution in [0.3, 0.4) is 0 Å². The number of amides is 1. The largest absolute Gasteiger partial charge is 0.352 e. The quantitative estimate of drug-likeness (QED) is 0.862. The zero-order chi connectivity index (χ0) is 15.2. The number of carbonyl (C=O) groups is 1. The van der Waals surface area contributed by atoms with Crippen LogP contribution in [0.25, 0.3) is 5.57 Å². The Morgan fingerprint density at radius 2 is 2.19 bits per heavy atom. The number of hydrogen-bond acceptors (Lipinski definition) is 3. The number of nitrogens with one attached hydrogen (secondary N) is 1. The first-order chi connectivity index (χ1) is 10.1. The molecule has 0 aliphatic heterocycles. The zero-order valence-electron chi connectivity index (χ0n) is 12.0. The molecule has 1 aromatic carbocycles. The molecule has 0 aliphatic rings. The Morgan fingerprint density at radius 1 is 1.43 bits per heavy atom. The molecule has 0 fully saturated rings. The van der Waals surface area contributed by atoms with E-state index in [1.807, 2.05) is 36.7 Å². The van der Waals surface area contributed by atoms with Gasteiger partial charge in [0.1, 0.15) is 12.2 Å². The van der Waals surface area contributed by atoms with E-state index in [-0.39, 0.29) is 5.91 Å². The first-order valence-electron chi connectivity index (χ1n) is 6.62. The van der Waals surface area contributed by atoms with E-state index in [0.29, 0.717) is 18.0 Å². The van der Waals surface area contributed by atoms with Crippen LogP contribution in [0.5, 0.6) is 0 Å². The van der Waals surface area contributed by atoms with Gasteiger partial charge in [0.25, 0.3) is 0 Å². The summed E-state index contributed by atoms with van der Waals surface area (Å²) in [4.78, 5) is 11.9. The fourth-order valence-corrected chi connectivity index (χ4v) is 2.22. The molecule has 110 valence electrons. The molecule has 2 aromatic rings. The zero-order valence-corrected chi connectivity index (χ0v) is 12.8. The van der Waals surface area contributed by atoms with Crippen molar-refractivity contribution in [2.45, 2.75) is 13.3 Å². The molecule has 1 aromatic heterocycles. The molecule has 0 spiro atoms. The third kappa shape index (κ3) is 4.16. The van der Waals surface area contributed by atoms with Gasteiger partial charge in [0, 0.05) is 31.1 Å². The lowest BCUT2D eigenvalue weighted by molar-refractivity contribution is -0.116. The number of aryl methyl sites for hydroxylation is 1. The lowest BCUT2D eigenvalue weighted by Gasteiger charge is -2.05. The Kier molecular flexibility index (Phi) is 5.11. The van der Waals surface area contributed by atoms with E-state index in [0.717, 1.165) is 17.0 Å². The summed E-state index contributed by atoms with van der Waals surface area (Å²) in [5.41, 5.74) is 1.69. The second-order valence-electron chi connectivity index (χ2n) is 4.71. The molecule has 0 saturated carbocycles. The Hall–Kier alpha value is -2.14. The van der Waals surface area contributed by atoms with Crippen LogP contribution < -0.4 is 5.32 Å². The molecule has 1 heterocycles. The average Bonchev–Trinajstić information content (AvgIpc) is 2.85. The van der Waals surface area contributed by atoms with Crippen LogP contribution in [0.15, 0.2) is 36.7 Å². The number of halogens is 1. The van der Waals surface area contributed by atoms with Gasteiger partial charge in [0.05, 0.1) is 0 Å². The summed E-state index contributed by atoms with van der Waals surface area (Å²) in [5, 5.41) is 11.2. The van der Waals surface area contributed by atoms with Crippen LogP contribution in [0.2, 0.25) is 5.02 Å². The van der Waals surface area contributed by atoms with Gasteiger partial charge < -0.3 is 9.88 Å². The third-order valence-corrected chi connectivity index (χ3v) is 3.43. The van der Waals surface area contributed by atoms with E-state index in [9.17, 15) is 4.79 Å². The molecule has 0 unspecified atom stereocenters. The van der Waals surface area contributed by atoms with E-state index in [2.05, 4.69) is 15.5 Å². The summed E-state index contributed by atoms with van der Waals surface area (Å²) in [6, 6.07) is 7.45. The topological polar surface area (TPSA) is 59.8 Å². The maximum atomic E-state index is 11.9. The van der Waals surface area contributed by atoms with E-state index >= 15 is 0 Å². The minimum Gasteiger partial charge on any atom is -0.352 e. The van der Waals surface area contributed by atoms with Gasteiger partial charge in [-0.15, -0.1) is 10.2 Å². The van der Waals surface area contributed by atoms with Gasteiger partial charge in [-0.25, -0.2) is 0 Å².